The number of carbonyl (C=O) groups is 1. The molecule has 0 bridgehead atoms. The summed E-state index contributed by atoms with van der Waals surface area (Å²) in [4.78, 5) is 14.2. The Hall–Kier alpha value is -2.69. The highest BCUT2D eigenvalue weighted by molar-refractivity contribution is 9.10. The fraction of sp³-hybridized carbons (Fsp3) is 0.200. The van der Waals surface area contributed by atoms with Gasteiger partial charge in [0, 0.05) is 23.2 Å². The van der Waals surface area contributed by atoms with E-state index in [1.54, 1.807) is 30.3 Å². The van der Waals surface area contributed by atoms with Crippen LogP contribution in [0.2, 0.25) is 0 Å². The topological polar surface area (TPSA) is 65.4 Å². The molecule has 0 radical (unpaired) electrons. The number of carbonyl (C=O) groups excluding carboxylic acids is 1. The average molecular weight is 430 g/mol. The largest absolute Gasteiger partial charge is 0.378 e. The molecule has 2 aromatic rings. The lowest BCUT2D eigenvalue weighted by Gasteiger charge is -2.29. The third-order valence-electron chi connectivity index (χ3n) is 4.08. The van der Waals surface area contributed by atoms with E-state index in [-0.39, 0.29) is 5.57 Å². The number of hydrogen-bond acceptors (Lipinski definition) is 4. The number of amides is 1. The van der Waals surface area contributed by atoms with Crippen molar-refractivity contribution >= 4 is 39.3 Å². The molecule has 0 unspecified atom stereocenters. The zero-order valence-electron chi connectivity index (χ0n) is 14.4. The lowest BCUT2D eigenvalue weighted by molar-refractivity contribution is -0.112. The average Bonchev–Trinajstić information content (AvgIpc) is 2.67. The molecule has 0 aliphatic carbocycles. The van der Waals surface area contributed by atoms with Gasteiger partial charge in [0.25, 0.3) is 5.91 Å². The molecule has 2 aromatic carbocycles. The van der Waals surface area contributed by atoms with Crippen molar-refractivity contribution < 1.29 is 13.9 Å². The zero-order valence-corrected chi connectivity index (χ0v) is 16.0. The van der Waals surface area contributed by atoms with Crippen LogP contribution in [0.5, 0.6) is 0 Å². The van der Waals surface area contributed by atoms with Crippen molar-refractivity contribution in [3.63, 3.8) is 0 Å². The predicted octanol–water partition coefficient (Wildman–Crippen LogP) is 3.97. The van der Waals surface area contributed by atoms with E-state index in [0.29, 0.717) is 43.2 Å². The van der Waals surface area contributed by atoms with Crippen LogP contribution in [0.25, 0.3) is 6.08 Å². The summed E-state index contributed by atoms with van der Waals surface area (Å²) in [6, 6.07) is 13.6. The molecule has 1 heterocycles. The molecule has 1 aliphatic rings. The van der Waals surface area contributed by atoms with Crippen LogP contribution in [0.4, 0.5) is 15.8 Å². The lowest BCUT2D eigenvalue weighted by Crippen LogP contribution is -2.36. The van der Waals surface area contributed by atoms with E-state index in [0.717, 1.165) is 4.47 Å². The van der Waals surface area contributed by atoms with Gasteiger partial charge in [0.2, 0.25) is 0 Å². The number of benzene rings is 2. The van der Waals surface area contributed by atoms with Crippen molar-refractivity contribution in [2.75, 3.05) is 36.5 Å². The van der Waals surface area contributed by atoms with Crippen molar-refractivity contribution in [2.45, 2.75) is 0 Å². The number of anilines is 2. The Labute approximate surface area is 165 Å². The molecule has 138 valence electrons. The molecule has 1 aliphatic heterocycles. The van der Waals surface area contributed by atoms with Crippen LogP contribution in [0.3, 0.4) is 0 Å². The second kappa shape index (κ2) is 8.80. The fourth-order valence-corrected chi connectivity index (χ4v) is 3.15. The van der Waals surface area contributed by atoms with Crippen LogP contribution >= 0.6 is 15.9 Å². The molecular weight excluding hydrogens is 413 g/mol. The van der Waals surface area contributed by atoms with Gasteiger partial charge in [-0.05, 0) is 42.0 Å². The summed E-state index contributed by atoms with van der Waals surface area (Å²) in [5, 5.41) is 12.0. The van der Waals surface area contributed by atoms with Crippen molar-refractivity contribution in [3.8, 4) is 6.07 Å². The molecule has 1 fully saturated rings. The molecule has 0 saturated carbocycles. The van der Waals surface area contributed by atoms with Gasteiger partial charge in [-0.25, -0.2) is 4.39 Å². The van der Waals surface area contributed by atoms with Gasteiger partial charge in [-0.2, -0.15) is 5.26 Å². The van der Waals surface area contributed by atoms with Crippen LogP contribution in [0.1, 0.15) is 5.56 Å². The van der Waals surface area contributed by atoms with Crippen LogP contribution in [0, 0.1) is 17.1 Å². The van der Waals surface area contributed by atoms with Crippen LogP contribution in [-0.2, 0) is 9.53 Å². The summed E-state index contributed by atoms with van der Waals surface area (Å²) >= 11 is 3.32. The molecule has 1 saturated heterocycles. The zero-order chi connectivity index (χ0) is 19.2. The van der Waals surface area contributed by atoms with Gasteiger partial charge in [0.15, 0.2) is 0 Å². The van der Waals surface area contributed by atoms with Crippen molar-refractivity contribution in [1.29, 1.82) is 5.26 Å². The van der Waals surface area contributed by atoms with Crippen molar-refractivity contribution in [1.82, 2.24) is 0 Å². The Morgan fingerprint density at radius 2 is 2.04 bits per heavy atom. The maximum absolute atomic E-state index is 14.5. The van der Waals surface area contributed by atoms with E-state index in [4.69, 9.17) is 4.74 Å². The van der Waals surface area contributed by atoms with Gasteiger partial charge >= 0.3 is 0 Å². The van der Waals surface area contributed by atoms with Crippen molar-refractivity contribution in [2.24, 2.45) is 0 Å². The Morgan fingerprint density at radius 3 is 2.70 bits per heavy atom. The number of ether oxygens (including phenoxy) is 1. The first-order chi connectivity index (χ1) is 13.1. The summed E-state index contributed by atoms with van der Waals surface area (Å²) in [5.74, 6) is -0.941. The number of nitriles is 1. The monoisotopic (exact) mass is 429 g/mol. The Kier molecular flexibility index (Phi) is 6.22. The second-order valence-electron chi connectivity index (χ2n) is 5.94. The minimum absolute atomic E-state index is 0.103. The van der Waals surface area contributed by atoms with E-state index in [2.05, 4.69) is 21.2 Å². The van der Waals surface area contributed by atoms with Gasteiger partial charge in [0.05, 0.1) is 18.9 Å². The summed E-state index contributed by atoms with van der Waals surface area (Å²) < 4.78 is 20.6. The molecule has 3 rings (SSSR count). The highest BCUT2D eigenvalue weighted by Gasteiger charge is 2.16. The van der Waals surface area contributed by atoms with Crippen LogP contribution < -0.4 is 10.2 Å². The number of nitrogens with one attached hydrogen (secondary N) is 1. The van der Waals surface area contributed by atoms with Gasteiger partial charge < -0.3 is 15.0 Å². The Morgan fingerprint density at radius 1 is 1.26 bits per heavy atom. The van der Waals surface area contributed by atoms with Crippen molar-refractivity contribution in [3.05, 3.63) is 63.9 Å². The smallest absolute Gasteiger partial charge is 0.266 e. The number of rotatable bonds is 4. The third kappa shape index (κ3) is 4.94. The van der Waals surface area contributed by atoms with E-state index in [1.165, 1.54) is 12.1 Å². The normalized spacial score (nSPS) is 14.6. The Bertz CT molecular complexity index is 918. The predicted molar refractivity (Wildman–Crippen MR) is 106 cm³/mol. The summed E-state index contributed by atoms with van der Waals surface area (Å²) in [6.07, 6.45) is 1.37. The summed E-state index contributed by atoms with van der Waals surface area (Å²) in [6.45, 7) is 2.39. The lowest BCUT2D eigenvalue weighted by atomic mass is 10.1. The van der Waals surface area contributed by atoms with E-state index in [1.807, 2.05) is 17.0 Å². The highest BCUT2D eigenvalue weighted by atomic mass is 79.9. The number of hydrogen-bond donors (Lipinski definition) is 1. The molecule has 5 nitrogen and oxygen atoms in total. The SMILES string of the molecule is N#C/C(=C/c1ccc(N2CCOCC2)c(F)c1)C(=O)Nc1cccc(Br)c1. The first-order valence-electron chi connectivity index (χ1n) is 8.38. The van der Waals surface area contributed by atoms with E-state index in [9.17, 15) is 14.4 Å². The quantitative estimate of drug-likeness (QED) is 0.589. The summed E-state index contributed by atoms with van der Waals surface area (Å²) in [5.41, 5.74) is 1.40. The molecule has 1 N–H and O–H groups in total. The number of morpholine rings is 1. The standard InChI is InChI=1S/C20H17BrFN3O2/c21-16-2-1-3-17(12-16)24-20(26)15(13-23)10-14-4-5-19(18(22)11-14)25-6-8-27-9-7-25/h1-5,10-12H,6-9H2,(H,24,26)/b15-10-. The van der Waals surface area contributed by atoms with E-state index < -0.39 is 11.7 Å². The maximum atomic E-state index is 14.5. The molecule has 27 heavy (non-hydrogen) atoms. The third-order valence-corrected chi connectivity index (χ3v) is 4.58. The molecule has 0 aromatic heterocycles. The Balaban J connectivity index is 1.77. The molecule has 1 amide bonds. The van der Waals surface area contributed by atoms with Gasteiger partial charge in [0.1, 0.15) is 17.5 Å². The van der Waals surface area contributed by atoms with E-state index >= 15 is 0 Å². The first-order valence-corrected chi connectivity index (χ1v) is 9.17. The number of halogens is 2. The number of nitrogens with zero attached hydrogens (tertiary/aromatic N) is 2. The minimum atomic E-state index is -0.548. The molecule has 0 atom stereocenters. The molecule has 7 heteroatoms. The molecule has 0 spiro atoms. The molecular formula is C20H17BrFN3O2. The van der Waals surface area contributed by atoms with Gasteiger partial charge in [-0.1, -0.05) is 28.1 Å². The maximum Gasteiger partial charge on any atom is 0.266 e. The van der Waals surface area contributed by atoms with Crippen LogP contribution in [0.15, 0.2) is 52.5 Å². The second-order valence-corrected chi connectivity index (χ2v) is 6.86. The first kappa shape index (κ1) is 19.1. The van der Waals surface area contributed by atoms with Gasteiger partial charge in [-0.3, -0.25) is 4.79 Å². The summed E-state index contributed by atoms with van der Waals surface area (Å²) in [7, 11) is 0. The highest BCUT2D eigenvalue weighted by Crippen LogP contribution is 2.23. The minimum Gasteiger partial charge on any atom is -0.378 e. The van der Waals surface area contributed by atoms with Crippen LogP contribution in [-0.4, -0.2) is 32.2 Å². The van der Waals surface area contributed by atoms with Gasteiger partial charge in [-0.15, -0.1) is 0 Å². The fourth-order valence-electron chi connectivity index (χ4n) is 2.75.